The van der Waals surface area contributed by atoms with Crippen molar-refractivity contribution in [2.75, 3.05) is 11.9 Å². The van der Waals surface area contributed by atoms with E-state index >= 15 is 0 Å². The van der Waals surface area contributed by atoms with Crippen molar-refractivity contribution >= 4 is 28.5 Å². The molecule has 1 aromatic rings. The van der Waals surface area contributed by atoms with Gasteiger partial charge in [-0.1, -0.05) is 0 Å². The Labute approximate surface area is 128 Å². The predicted molar refractivity (Wildman–Crippen MR) is 81.9 cm³/mol. The third-order valence-corrected chi connectivity index (χ3v) is 4.74. The number of amides is 2. The van der Waals surface area contributed by atoms with E-state index in [1.54, 1.807) is 6.92 Å². The molecule has 1 aromatic heterocycles. The number of carbonyl (C=O) groups is 2. The fourth-order valence-corrected chi connectivity index (χ4v) is 3.63. The van der Waals surface area contributed by atoms with Crippen molar-refractivity contribution in [2.24, 2.45) is 0 Å². The van der Waals surface area contributed by atoms with E-state index in [-0.39, 0.29) is 18.5 Å². The molecule has 0 aliphatic heterocycles. The van der Waals surface area contributed by atoms with Crippen molar-refractivity contribution < 1.29 is 14.7 Å². The van der Waals surface area contributed by atoms with Gasteiger partial charge >= 0.3 is 12.0 Å². The summed E-state index contributed by atoms with van der Waals surface area (Å²) in [7, 11) is 0. The Morgan fingerprint density at radius 1 is 1.43 bits per heavy atom. The van der Waals surface area contributed by atoms with Gasteiger partial charge in [0.1, 0.15) is 0 Å². The Balaban J connectivity index is 2.01. The van der Waals surface area contributed by atoms with Gasteiger partial charge in [0.15, 0.2) is 5.13 Å². The number of nitrogens with zero attached hydrogens (tertiary/aromatic N) is 2. The van der Waals surface area contributed by atoms with Crippen LogP contribution >= 0.6 is 11.3 Å². The van der Waals surface area contributed by atoms with Crippen molar-refractivity contribution in [1.82, 2.24) is 9.88 Å². The smallest absolute Gasteiger partial charge is 0.323 e. The molecule has 0 spiro atoms. The normalized spacial score (nSPS) is 15.1. The molecule has 0 saturated carbocycles. The first-order chi connectivity index (χ1) is 10.0. The lowest BCUT2D eigenvalue weighted by Gasteiger charge is -2.26. The second-order valence-corrected chi connectivity index (χ2v) is 6.34. The molecule has 1 aliphatic rings. The lowest BCUT2D eigenvalue weighted by molar-refractivity contribution is -0.137. The molecule has 2 amide bonds. The van der Waals surface area contributed by atoms with Crippen LogP contribution in [0.15, 0.2) is 0 Å². The number of hydrogen-bond donors (Lipinski definition) is 2. The number of thiazole rings is 1. The van der Waals surface area contributed by atoms with Crippen LogP contribution in [-0.4, -0.2) is 39.6 Å². The molecule has 0 aromatic carbocycles. The van der Waals surface area contributed by atoms with Crippen molar-refractivity contribution in [3.8, 4) is 0 Å². The maximum Gasteiger partial charge on any atom is 0.323 e. The standard InChI is InChI=1S/C14H21N3O3S/c1-3-17(9(2)8-12(18)19)14(20)16-13-15-10-6-4-5-7-11(10)21-13/h9H,3-8H2,1-2H3,(H,18,19)(H,15,16,20). The van der Waals surface area contributed by atoms with Crippen LogP contribution < -0.4 is 5.32 Å². The Morgan fingerprint density at radius 2 is 2.14 bits per heavy atom. The Kier molecular flexibility index (Phi) is 5.17. The summed E-state index contributed by atoms with van der Waals surface area (Å²) in [5.74, 6) is -0.904. The molecule has 2 rings (SSSR count). The molecule has 1 heterocycles. The van der Waals surface area contributed by atoms with E-state index in [4.69, 9.17) is 5.11 Å². The van der Waals surface area contributed by atoms with E-state index in [1.165, 1.54) is 27.5 Å². The molecule has 0 radical (unpaired) electrons. The van der Waals surface area contributed by atoms with Crippen LogP contribution in [0.25, 0.3) is 0 Å². The molecule has 1 atom stereocenters. The number of urea groups is 1. The van der Waals surface area contributed by atoms with Gasteiger partial charge in [0.2, 0.25) is 0 Å². The van der Waals surface area contributed by atoms with E-state index in [0.29, 0.717) is 11.7 Å². The minimum Gasteiger partial charge on any atom is -0.481 e. The zero-order valence-corrected chi connectivity index (χ0v) is 13.2. The zero-order valence-electron chi connectivity index (χ0n) is 12.4. The van der Waals surface area contributed by atoms with Crippen LogP contribution in [0.1, 0.15) is 43.7 Å². The number of anilines is 1. The van der Waals surface area contributed by atoms with Gasteiger partial charge in [-0.3, -0.25) is 10.1 Å². The van der Waals surface area contributed by atoms with E-state index in [1.807, 2.05) is 6.92 Å². The van der Waals surface area contributed by atoms with Gasteiger partial charge in [-0.15, -0.1) is 11.3 Å². The summed E-state index contributed by atoms with van der Waals surface area (Å²) in [6.07, 6.45) is 4.29. The average molecular weight is 311 g/mol. The molecule has 116 valence electrons. The Bertz CT molecular complexity index is 506. The number of rotatable bonds is 5. The van der Waals surface area contributed by atoms with Crippen LogP contribution in [0.3, 0.4) is 0 Å². The van der Waals surface area contributed by atoms with Gasteiger partial charge in [-0.2, -0.15) is 0 Å². The van der Waals surface area contributed by atoms with Crippen LogP contribution in [-0.2, 0) is 17.6 Å². The fourth-order valence-electron chi connectivity index (χ4n) is 2.59. The summed E-state index contributed by atoms with van der Waals surface area (Å²) in [5.41, 5.74) is 1.10. The molecular weight excluding hydrogens is 290 g/mol. The largest absolute Gasteiger partial charge is 0.481 e. The highest BCUT2D eigenvalue weighted by Crippen LogP contribution is 2.29. The number of hydrogen-bond acceptors (Lipinski definition) is 4. The van der Waals surface area contributed by atoms with Crippen molar-refractivity contribution in [2.45, 2.75) is 52.0 Å². The number of aryl methyl sites for hydroxylation is 2. The second-order valence-electron chi connectivity index (χ2n) is 5.26. The number of carboxylic acids is 1. The van der Waals surface area contributed by atoms with Gasteiger partial charge in [0.05, 0.1) is 12.1 Å². The highest BCUT2D eigenvalue weighted by atomic mass is 32.1. The van der Waals surface area contributed by atoms with Crippen LogP contribution in [0.2, 0.25) is 0 Å². The van der Waals surface area contributed by atoms with Crippen molar-refractivity contribution in [1.29, 1.82) is 0 Å². The highest BCUT2D eigenvalue weighted by molar-refractivity contribution is 7.15. The van der Waals surface area contributed by atoms with E-state index < -0.39 is 5.97 Å². The summed E-state index contributed by atoms with van der Waals surface area (Å²) in [6, 6.07) is -0.626. The first kappa shape index (κ1) is 15.8. The summed E-state index contributed by atoms with van der Waals surface area (Å²) in [5, 5.41) is 12.3. The number of aromatic nitrogens is 1. The third kappa shape index (κ3) is 3.93. The zero-order chi connectivity index (χ0) is 15.4. The van der Waals surface area contributed by atoms with Gasteiger partial charge in [0.25, 0.3) is 0 Å². The number of fused-ring (bicyclic) bond motifs is 1. The molecule has 2 N–H and O–H groups in total. The van der Waals surface area contributed by atoms with Crippen LogP contribution in [0.4, 0.5) is 9.93 Å². The number of carbonyl (C=O) groups excluding carboxylic acids is 1. The van der Waals surface area contributed by atoms with Gasteiger partial charge in [0, 0.05) is 17.5 Å². The Morgan fingerprint density at radius 3 is 2.76 bits per heavy atom. The second kappa shape index (κ2) is 6.89. The summed E-state index contributed by atoms with van der Waals surface area (Å²) < 4.78 is 0. The van der Waals surface area contributed by atoms with E-state index in [2.05, 4.69) is 10.3 Å². The number of aliphatic carboxylic acids is 1. The lowest BCUT2D eigenvalue weighted by Crippen LogP contribution is -2.42. The minimum atomic E-state index is -0.904. The quantitative estimate of drug-likeness (QED) is 0.876. The number of carboxylic acid groups (broad SMARTS) is 1. The SMILES string of the molecule is CCN(C(=O)Nc1nc2c(s1)CCCC2)C(C)CC(=O)O. The van der Waals surface area contributed by atoms with Gasteiger partial charge < -0.3 is 10.0 Å². The lowest BCUT2D eigenvalue weighted by atomic mass is 10.0. The van der Waals surface area contributed by atoms with Gasteiger partial charge in [-0.25, -0.2) is 9.78 Å². The molecule has 0 saturated heterocycles. The number of nitrogens with one attached hydrogen (secondary N) is 1. The summed E-state index contributed by atoms with van der Waals surface area (Å²) in [6.45, 7) is 4.04. The maximum absolute atomic E-state index is 12.3. The first-order valence-electron chi connectivity index (χ1n) is 7.29. The van der Waals surface area contributed by atoms with E-state index in [9.17, 15) is 9.59 Å². The molecule has 7 heteroatoms. The van der Waals surface area contributed by atoms with E-state index in [0.717, 1.165) is 25.0 Å². The van der Waals surface area contributed by atoms with Gasteiger partial charge in [-0.05, 0) is 39.5 Å². The monoisotopic (exact) mass is 311 g/mol. The topological polar surface area (TPSA) is 82.5 Å². The molecule has 1 aliphatic carbocycles. The Hall–Kier alpha value is -1.63. The van der Waals surface area contributed by atoms with Crippen LogP contribution in [0.5, 0.6) is 0 Å². The summed E-state index contributed by atoms with van der Waals surface area (Å²) >= 11 is 1.53. The predicted octanol–water partition coefficient (Wildman–Crippen LogP) is 2.74. The fraction of sp³-hybridized carbons (Fsp3) is 0.643. The molecule has 6 nitrogen and oxygen atoms in total. The molecule has 21 heavy (non-hydrogen) atoms. The van der Waals surface area contributed by atoms with Crippen molar-refractivity contribution in [3.05, 3.63) is 10.6 Å². The third-order valence-electron chi connectivity index (χ3n) is 3.66. The minimum absolute atomic E-state index is 0.0599. The summed E-state index contributed by atoms with van der Waals surface area (Å²) in [4.78, 5) is 30.3. The van der Waals surface area contributed by atoms with Crippen molar-refractivity contribution in [3.63, 3.8) is 0 Å². The van der Waals surface area contributed by atoms with Crippen LogP contribution in [0, 0.1) is 0 Å². The molecular formula is C14H21N3O3S. The molecule has 0 fully saturated rings. The first-order valence-corrected chi connectivity index (χ1v) is 8.11. The average Bonchev–Trinajstić information content (AvgIpc) is 2.80. The molecule has 1 unspecified atom stereocenters. The maximum atomic E-state index is 12.3. The highest BCUT2D eigenvalue weighted by Gasteiger charge is 2.22. The molecule has 0 bridgehead atoms.